The highest BCUT2D eigenvalue weighted by atomic mass is 32.2. The molecule has 2 aromatic heterocycles. The molecule has 0 fully saturated rings. The second kappa shape index (κ2) is 9.32. The van der Waals surface area contributed by atoms with Crippen LogP contribution in [0.25, 0.3) is 11.1 Å². The molecule has 0 saturated carbocycles. The molecule has 11 heteroatoms. The van der Waals surface area contributed by atoms with Crippen LogP contribution in [0, 0.1) is 11.6 Å². The zero-order valence-corrected chi connectivity index (χ0v) is 18.5. The van der Waals surface area contributed by atoms with Crippen molar-refractivity contribution in [1.82, 2.24) is 9.97 Å². The van der Waals surface area contributed by atoms with Gasteiger partial charge in [0.25, 0.3) is 10.0 Å². The van der Waals surface area contributed by atoms with Gasteiger partial charge in [0, 0.05) is 35.9 Å². The van der Waals surface area contributed by atoms with Crippen molar-refractivity contribution in [1.29, 1.82) is 0 Å². The van der Waals surface area contributed by atoms with Crippen molar-refractivity contribution >= 4 is 27.1 Å². The van der Waals surface area contributed by atoms with Crippen molar-refractivity contribution in [3.63, 3.8) is 0 Å². The van der Waals surface area contributed by atoms with E-state index in [4.69, 9.17) is 4.74 Å². The first-order chi connectivity index (χ1) is 16.3. The van der Waals surface area contributed by atoms with Crippen molar-refractivity contribution in [2.45, 2.75) is 4.90 Å². The molecule has 0 unspecified atom stereocenters. The van der Waals surface area contributed by atoms with Crippen molar-refractivity contribution in [3.05, 3.63) is 84.8 Å². The third-order valence-electron chi connectivity index (χ3n) is 4.76. The summed E-state index contributed by atoms with van der Waals surface area (Å²) in [4.78, 5) is 7.34. The van der Waals surface area contributed by atoms with Gasteiger partial charge in [-0.2, -0.15) is 0 Å². The Morgan fingerprint density at radius 3 is 2.38 bits per heavy atom. The van der Waals surface area contributed by atoms with Crippen molar-refractivity contribution in [2.24, 2.45) is 0 Å². The molecule has 4 aromatic rings. The van der Waals surface area contributed by atoms with E-state index in [9.17, 15) is 22.3 Å². The van der Waals surface area contributed by atoms with E-state index in [-0.39, 0.29) is 17.3 Å². The lowest BCUT2D eigenvalue weighted by Gasteiger charge is -2.14. The third-order valence-corrected chi connectivity index (χ3v) is 6.16. The summed E-state index contributed by atoms with van der Waals surface area (Å²) in [6.07, 6.45) is 4.65. The number of benzene rings is 2. The predicted octanol–water partition coefficient (Wildman–Crippen LogP) is 4.68. The maximum atomic E-state index is 14.1. The van der Waals surface area contributed by atoms with Gasteiger partial charge in [-0.15, -0.1) is 0 Å². The van der Waals surface area contributed by atoms with Crippen LogP contribution in [0.3, 0.4) is 0 Å². The van der Waals surface area contributed by atoms with Crippen LogP contribution in [-0.2, 0) is 10.0 Å². The van der Waals surface area contributed by atoms with E-state index in [1.54, 1.807) is 36.7 Å². The van der Waals surface area contributed by atoms with Crippen LogP contribution in [0.1, 0.15) is 0 Å². The molecule has 174 valence electrons. The fraction of sp³-hybridized carbons (Fsp3) is 0.0435. The number of rotatable bonds is 7. The molecule has 0 bridgehead atoms. The van der Waals surface area contributed by atoms with Gasteiger partial charge >= 0.3 is 0 Å². The number of hydrogen-bond acceptors (Lipinski definition) is 7. The van der Waals surface area contributed by atoms with Gasteiger partial charge < -0.3 is 15.2 Å². The van der Waals surface area contributed by atoms with Gasteiger partial charge in [0.1, 0.15) is 28.0 Å². The molecule has 3 N–H and O–H groups in total. The van der Waals surface area contributed by atoms with E-state index in [1.807, 2.05) is 0 Å². The standard InChI is InChI=1S/C23H18F2N4O4S/c1-33-23-20(29-34(31,32)22-5-3-16(24)12-18(22)25)11-15(13-27-23)14-2-4-21(30)19(10-14)28-17-6-8-26-9-7-17/h2-13,29-30H,1H3,(H,26,28). The van der Waals surface area contributed by atoms with E-state index >= 15 is 0 Å². The van der Waals surface area contributed by atoms with Crippen LogP contribution in [-0.4, -0.2) is 30.6 Å². The topological polar surface area (TPSA) is 113 Å². The number of phenols is 1. The molecule has 2 heterocycles. The van der Waals surface area contributed by atoms with Gasteiger partial charge in [-0.3, -0.25) is 9.71 Å². The molecule has 0 aliphatic carbocycles. The lowest BCUT2D eigenvalue weighted by Crippen LogP contribution is -2.15. The maximum absolute atomic E-state index is 14.1. The summed E-state index contributed by atoms with van der Waals surface area (Å²) >= 11 is 0. The number of aromatic nitrogens is 2. The van der Waals surface area contributed by atoms with Gasteiger partial charge in [0.2, 0.25) is 5.88 Å². The Kier molecular flexibility index (Phi) is 6.28. The summed E-state index contributed by atoms with van der Waals surface area (Å²) in [5, 5.41) is 13.3. The molecule has 0 radical (unpaired) electrons. The number of methoxy groups -OCH3 is 1. The number of pyridine rings is 2. The zero-order valence-electron chi connectivity index (χ0n) is 17.7. The smallest absolute Gasteiger partial charge is 0.264 e. The molecular weight excluding hydrogens is 466 g/mol. The summed E-state index contributed by atoms with van der Waals surface area (Å²) in [5.41, 5.74) is 2.12. The lowest BCUT2D eigenvalue weighted by atomic mass is 10.1. The van der Waals surface area contributed by atoms with Gasteiger partial charge in [-0.25, -0.2) is 22.2 Å². The molecule has 0 aliphatic rings. The molecular formula is C23H18F2N4O4S. The van der Waals surface area contributed by atoms with E-state index < -0.39 is 26.6 Å². The molecule has 2 aromatic carbocycles. The summed E-state index contributed by atoms with van der Waals surface area (Å²) in [6.45, 7) is 0. The van der Waals surface area contributed by atoms with Crippen LogP contribution in [0.15, 0.2) is 78.1 Å². The van der Waals surface area contributed by atoms with Crippen LogP contribution in [0.4, 0.5) is 25.8 Å². The number of halogens is 2. The molecule has 34 heavy (non-hydrogen) atoms. The average Bonchev–Trinajstić information content (AvgIpc) is 2.80. The second-order valence-electron chi connectivity index (χ2n) is 7.05. The third kappa shape index (κ3) is 4.89. The predicted molar refractivity (Wildman–Crippen MR) is 123 cm³/mol. The first-order valence-corrected chi connectivity index (χ1v) is 11.3. The molecule has 8 nitrogen and oxygen atoms in total. The van der Waals surface area contributed by atoms with E-state index in [2.05, 4.69) is 20.0 Å². The van der Waals surface area contributed by atoms with E-state index in [0.29, 0.717) is 28.6 Å². The first kappa shape index (κ1) is 22.9. The number of sulfonamides is 1. The molecule has 4 rings (SSSR count). The fourth-order valence-electron chi connectivity index (χ4n) is 3.15. The minimum absolute atomic E-state index is 0.00487. The van der Waals surface area contributed by atoms with Crippen LogP contribution >= 0.6 is 0 Å². The highest BCUT2D eigenvalue weighted by molar-refractivity contribution is 7.92. The Hall–Kier alpha value is -4.25. The SMILES string of the molecule is COc1ncc(-c2ccc(O)c(Nc3ccncc3)c2)cc1NS(=O)(=O)c1ccc(F)cc1F. The van der Waals surface area contributed by atoms with Crippen LogP contribution in [0.2, 0.25) is 0 Å². The molecule has 0 aliphatic heterocycles. The Morgan fingerprint density at radius 2 is 1.68 bits per heavy atom. The number of phenolic OH excluding ortho intramolecular Hbond substituents is 1. The normalized spacial score (nSPS) is 11.1. The van der Waals surface area contributed by atoms with Crippen LogP contribution in [0.5, 0.6) is 11.6 Å². The summed E-state index contributed by atoms with van der Waals surface area (Å²) < 4.78 is 60.2. The van der Waals surface area contributed by atoms with Crippen molar-refractivity contribution in [3.8, 4) is 22.8 Å². The Labute approximate surface area is 194 Å². The largest absolute Gasteiger partial charge is 0.506 e. The van der Waals surface area contributed by atoms with E-state index in [1.165, 1.54) is 25.4 Å². The first-order valence-electron chi connectivity index (χ1n) is 9.79. The highest BCUT2D eigenvalue weighted by Crippen LogP contribution is 2.35. The highest BCUT2D eigenvalue weighted by Gasteiger charge is 2.22. The Bertz CT molecular complexity index is 1450. The van der Waals surface area contributed by atoms with Crippen molar-refractivity contribution < 1.29 is 27.0 Å². The zero-order chi connectivity index (χ0) is 24.3. The summed E-state index contributed by atoms with van der Waals surface area (Å²) in [6, 6.07) is 11.8. The monoisotopic (exact) mass is 484 g/mol. The number of anilines is 3. The quantitative estimate of drug-likeness (QED) is 0.327. The fourth-order valence-corrected chi connectivity index (χ4v) is 4.25. The molecule has 0 spiro atoms. The molecule has 0 saturated heterocycles. The average molecular weight is 484 g/mol. The van der Waals surface area contributed by atoms with Gasteiger partial charge in [0.15, 0.2) is 0 Å². The maximum Gasteiger partial charge on any atom is 0.264 e. The number of nitrogens with zero attached hydrogens (tertiary/aromatic N) is 2. The Morgan fingerprint density at radius 1 is 0.941 bits per heavy atom. The number of hydrogen-bond donors (Lipinski definition) is 3. The number of nitrogens with one attached hydrogen (secondary N) is 2. The van der Waals surface area contributed by atoms with Crippen molar-refractivity contribution in [2.75, 3.05) is 17.1 Å². The minimum Gasteiger partial charge on any atom is -0.506 e. The summed E-state index contributed by atoms with van der Waals surface area (Å²) in [5.74, 6) is -2.19. The van der Waals surface area contributed by atoms with Gasteiger partial charge in [0.05, 0.1) is 12.8 Å². The van der Waals surface area contributed by atoms with E-state index in [0.717, 1.165) is 12.1 Å². The minimum atomic E-state index is -4.42. The van der Waals surface area contributed by atoms with Crippen LogP contribution < -0.4 is 14.8 Å². The Balaban J connectivity index is 1.70. The lowest BCUT2D eigenvalue weighted by molar-refractivity contribution is 0.400. The van der Waals surface area contributed by atoms with Gasteiger partial charge in [-0.1, -0.05) is 6.07 Å². The number of aromatic hydroxyl groups is 1. The second-order valence-corrected chi connectivity index (χ2v) is 8.70. The van der Waals surface area contributed by atoms with Gasteiger partial charge in [-0.05, 0) is 48.0 Å². The molecule has 0 amide bonds. The molecule has 0 atom stereocenters. The number of ether oxygens (including phenoxy) is 1. The summed E-state index contributed by atoms with van der Waals surface area (Å²) in [7, 11) is -3.12.